The van der Waals surface area contributed by atoms with E-state index in [2.05, 4.69) is 4.98 Å². The molecule has 76 valence electrons. The van der Waals surface area contributed by atoms with Gasteiger partial charge in [-0.15, -0.1) is 0 Å². The predicted octanol–water partition coefficient (Wildman–Crippen LogP) is 0.808. The third kappa shape index (κ3) is 2.00. The van der Waals surface area contributed by atoms with Crippen LogP contribution >= 0.6 is 0 Å². The highest BCUT2D eigenvalue weighted by atomic mass is 16.5. The van der Waals surface area contributed by atoms with Gasteiger partial charge in [-0.3, -0.25) is 0 Å². The van der Waals surface area contributed by atoms with Gasteiger partial charge in [0.2, 0.25) is 0 Å². The maximum atomic E-state index is 10.7. The number of aromatic nitrogens is 1. The fourth-order valence-electron chi connectivity index (χ4n) is 1.02. The molecule has 0 bridgehead atoms. The van der Waals surface area contributed by atoms with Crippen LogP contribution in [0.1, 0.15) is 29.0 Å². The van der Waals surface area contributed by atoms with Gasteiger partial charge >= 0.3 is 5.97 Å². The van der Waals surface area contributed by atoms with Crippen LogP contribution in [0.5, 0.6) is 5.75 Å². The molecular formula is C9H12N2O3. The Morgan fingerprint density at radius 3 is 2.79 bits per heavy atom. The van der Waals surface area contributed by atoms with E-state index >= 15 is 0 Å². The topological polar surface area (TPSA) is 85.4 Å². The second-order valence-electron chi connectivity index (χ2n) is 2.91. The standard InChI is InChI=1S/C9H12N2O3/c1-5(10)6-3-7(14-2)8(9(12)13)11-4-6/h3-5H,10H2,1-2H3,(H,12,13). The summed E-state index contributed by atoms with van der Waals surface area (Å²) in [6.45, 7) is 1.79. The molecule has 0 aliphatic heterocycles. The Hall–Kier alpha value is -1.62. The lowest BCUT2D eigenvalue weighted by Crippen LogP contribution is -2.09. The van der Waals surface area contributed by atoms with Crippen molar-refractivity contribution in [3.05, 3.63) is 23.5 Å². The zero-order chi connectivity index (χ0) is 10.7. The molecule has 5 heteroatoms. The summed E-state index contributed by atoms with van der Waals surface area (Å²) < 4.78 is 4.90. The van der Waals surface area contributed by atoms with Crippen molar-refractivity contribution in [1.29, 1.82) is 0 Å². The van der Waals surface area contributed by atoms with Gasteiger partial charge in [0.1, 0.15) is 0 Å². The molecule has 0 aromatic carbocycles. The van der Waals surface area contributed by atoms with Crippen molar-refractivity contribution in [1.82, 2.24) is 4.98 Å². The quantitative estimate of drug-likeness (QED) is 0.747. The van der Waals surface area contributed by atoms with Crippen LogP contribution in [-0.4, -0.2) is 23.2 Å². The van der Waals surface area contributed by atoms with Gasteiger partial charge in [-0.2, -0.15) is 0 Å². The van der Waals surface area contributed by atoms with Gasteiger partial charge in [0, 0.05) is 12.2 Å². The molecule has 1 unspecified atom stereocenters. The SMILES string of the molecule is COc1cc(C(C)N)cnc1C(=O)O. The molecule has 0 radical (unpaired) electrons. The number of carbonyl (C=O) groups is 1. The Kier molecular flexibility index (Phi) is 3.03. The fourth-order valence-corrected chi connectivity index (χ4v) is 1.02. The summed E-state index contributed by atoms with van der Waals surface area (Å²) in [6, 6.07) is 1.39. The molecule has 0 spiro atoms. The lowest BCUT2D eigenvalue weighted by atomic mass is 10.1. The Morgan fingerprint density at radius 1 is 1.71 bits per heavy atom. The number of ether oxygens (including phenoxy) is 1. The Balaban J connectivity index is 3.18. The Bertz CT molecular complexity index is 350. The van der Waals surface area contributed by atoms with Crippen LogP contribution in [-0.2, 0) is 0 Å². The molecule has 1 atom stereocenters. The molecule has 0 amide bonds. The van der Waals surface area contributed by atoms with Crippen LogP contribution in [0.4, 0.5) is 0 Å². The van der Waals surface area contributed by atoms with E-state index in [0.29, 0.717) is 0 Å². The van der Waals surface area contributed by atoms with Gasteiger partial charge < -0.3 is 15.6 Å². The van der Waals surface area contributed by atoms with E-state index in [1.807, 2.05) is 0 Å². The minimum Gasteiger partial charge on any atom is -0.494 e. The molecule has 0 fully saturated rings. The third-order valence-corrected chi connectivity index (χ3v) is 1.82. The van der Waals surface area contributed by atoms with Crippen molar-refractivity contribution in [2.75, 3.05) is 7.11 Å². The first kappa shape index (κ1) is 10.5. The summed E-state index contributed by atoms with van der Waals surface area (Å²) in [5.74, 6) is -0.884. The number of rotatable bonds is 3. The van der Waals surface area contributed by atoms with Gasteiger partial charge in [0.05, 0.1) is 7.11 Å². The van der Waals surface area contributed by atoms with Crippen molar-refractivity contribution < 1.29 is 14.6 Å². The third-order valence-electron chi connectivity index (χ3n) is 1.82. The number of hydrogen-bond donors (Lipinski definition) is 2. The maximum absolute atomic E-state index is 10.7. The van der Waals surface area contributed by atoms with Crippen molar-refractivity contribution >= 4 is 5.97 Å². The smallest absolute Gasteiger partial charge is 0.358 e. The number of nitrogens with zero attached hydrogens (tertiary/aromatic N) is 1. The van der Waals surface area contributed by atoms with E-state index in [9.17, 15) is 4.79 Å². The second-order valence-corrected chi connectivity index (χ2v) is 2.91. The number of nitrogens with two attached hydrogens (primary N) is 1. The molecule has 0 aliphatic rings. The monoisotopic (exact) mass is 196 g/mol. The molecular weight excluding hydrogens is 184 g/mol. The van der Waals surface area contributed by atoms with Crippen molar-refractivity contribution in [3.63, 3.8) is 0 Å². The van der Waals surface area contributed by atoms with Gasteiger partial charge in [-0.05, 0) is 18.6 Å². The average molecular weight is 196 g/mol. The molecule has 1 heterocycles. The molecule has 1 rings (SSSR count). The molecule has 1 aromatic heterocycles. The van der Waals surface area contributed by atoms with Crippen molar-refractivity contribution in [2.45, 2.75) is 13.0 Å². The largest absolute Gasteiger partial charge is 0.494 e. The van der Waals surface area contributed by atoms with Crippen LogP contribution in [0.3, 0.4) is 0 Å². The van der Waals surface area contributed by atoms with Gasteiger partial charge in [-0.25, -0.2) is 9.78 Å². The molecule has 1 aromatic rings. The number of carboxylic acid groups (broad SMARTS) is 1. The first-order valence-electron chi connectivity index (χ1n) is 4.09. The van der Waals surface area contributed by atoms with Gasteiger partial charge in [0.15, 0.2) is 11.4 Å². The van der Waals surface area contributed by atoms with E-state index in [-0.39, 0.29) is 17.5 Å². The van der Waals surface area contributed by atoms with E-state index in [4.69, 9.17) is 15.6 Å². The van der Waals surface area contributed by atoms with Crippen LogP contribution in [0, 0.1) is 0 Å². The average Bonchev–Trinajstić information content (AvgIpc) is 2.16. The number of pyridine rings is 1. The molecule has 0 saturated carbocycles. The Labute approximate surface area is 81.5 Å². The first-order chi connectivity index (χ1) is 6.56. The van der Waals surface area contributed by atoms with Crippen molar-refractivity contribution in [2.24, 2.45) is 5.73 Å². The minimum atomic E-state index is -1.11. The summed E-state index contributed by atoms with van der Waals surface area (Å²) >= 11 is 0. The molecule has 0 aliphatic carbocycles. The second kappa shape index (κ2) is 4.06. The number of aromatic carboxylic acids is 1. The summed E-state index contributed by atoms with van der Waals surface area (Å²) in [7, 11) is 1.40. The predicted molar refractivity (Wildman–Crippen MR) is 50.4 cm³/mol. The van der Waals surface area contributed by atoms with E-state index in [0.717, 1.165) is 5.56 Å². The summed E-state index contributed by atoms with van der Waals surface area (Å²) in [6.07, 6.45) is 1.44. The molecule has 3 N–H and O–H groups in total. The Morgan fingerprint density at radius 2 is 2.36 bits per heavy atom. The molecule has 5 nitrogen and oxygen atoms in total. The summed E-state index contributed by atoms with van der Waals surface area (Å²) in [5, 5.41) is 8.75. The van der Waals surface area contributed by atoms with Gasteiger partial charge in [-0.1, -0.05) is 0 Å². The lowest BCUT2D eigenvalue weighted by molar-refractivity contribution is 0.0686. The fraction of sp³-hybridized carbons (Fsp3) is 0.333. The zero-order valence-corrected chi connectivity index (χ0v) is 8.02. The minimum absolute atomic E-state index is 0.100. The van der Waals surface area contributed by atoms with Crippen LogP contribution in [0.25, 0.3) is 0 Å². The highest BCUT2D eigenvalue weighted by Gasteiger charge is 2.14. The van der Waals surface area contributed by atoms with Crippen LogP contribution < -0.4 is 10.5 Å². The summed E-state index contributed by atoms with van der Waals surface area (Å²) in [4.78, 5) is 14.5. The van der Waals surface area contributed by atoms with Crippen molar-refractivity contribution in [3.8, 4) is 5.75 Å². The van der Waals surface area contributed by atoms with E-state index in [1.54, 1.807) is 13.0 Å². The highest BCUT2D eigenvalue weighted by Crippen LogP contribution is 2.20. The summed E-state index contributed by atoms with van der Waals surface area (Å²) in [5.41, 5.74) is 6.26. The zero-order valence-electron chi connectivity index (χ0n) is 8.02. The van der Waals surface area contributed by atoms with Crippen LogP contribution in [0.2, 0.25) is 0 Å². The van der Waals surface area contributed by atoms with Crippen LogP contribution in [0.15, 0.2) is 12.3 Å². The maximum Gasteiger partial charge on any atom is 0.358 e. The number of methoxy groups -OCH3 is 1. The van der Waals surface area contributed by atoms with E-state index < -0.39 is 5.97 Å². The van der Waals surface area contributed by atoms with E-state index in [1.165, 1.54) is 13.3 Å². The lowest BCUT2D eigenvalue weighted by Gasteiger charge is -2.08. The van der Waals surface area contributed by atoms with Gasteiger partial charge in [0.25, 0.3) is 0 Å². The molecule has 0 saturated heterocycles. The number of hydrogen-bond acceptors (Lipinski definition) is 4. The number of carboxylic acids is 1. The molecule has 14 heavy (non-hydrogen) atoms. The highest BCUT2D eigenvalue weighted by molar-refractivity contribution is 5.88. The normalized spacial score (nSPS) is 12.2. The first-order valence-corrected chi connectivity index (χ1v) is 4.09.